The molecule has 0 bridgehead atoms. The first-order valence-corrected chi connectivity index (χ1v) is 9.85. The molecule has 0 spiro atoms. The van der Waals surface area contributed by atoms with Crippen LogP contribution in [0.2, 0.25) is 0 Å². The van der Waals surface area contributed by atoms with E-state index in [0.29, 0.717) is 12.8 Å². The van der Waals surface area contributed by atoms with Crippen LogP contribution in [0.5, 0.6) is 0 Å². The maximum atomic E-state index is 13.5. The van der Waals surface area contributed by atoms with Crippen molar-refractivity contribution in [1.29, 1.82) is 0 Å². The van der Waals surface area contributed by atoms with Gasteiger partial charge in [0.2, 0.25) is 0 Å². The van der Waals surface area contributed by atoms with E-state index in [4.69, 9.17) is 0 Å². The molecular formula is C24H28FNO2. The van der Waals surface area contributed by atoms with E-state index in [1.807, 2.05) is 25.1 Å². The Hall–Kier alpha value is -2.43. The number of hydrogen-bond donors (Lipinski definition) is 2. The number of benzene rings is 2. The van der Waals surface area contributed by atoms with Crippen molar-refractivity contribution in [2.45, 2.75) is 51.9 Å². The van der Waals surface area contributed by atoms with Crippen LogP contribution < -0.4 is 0 Å². The molecule has 1 heterocycles. The number of hydrogen-bond acceptors (Lipinski definition) is 2. The van der Waals surface area contributed by atoms with Crippen LogP contribution in [0.15, 0.2) is 54.6 Å². The van der Waals surface area contributed by atoms with E-state index in [9.17, 15) is 14.6 Å². The minimum absolute atomic E-state index is 0.206. The van der Waals surface area contributed by atoms with Gasteiger partial charge in [0.05, 0.1) is 12.2 Å². The Kier molecular flexibility index (Phi) is 6.32. The van der Waals surface area contributed by atoms with Gasteiger partial charge in [-0.15, -0.1) is 0 Å². The summed E-state index contributed by atoms with van der Waals surface area (Å²) in [6.45, 7) is 6.13. The Morgan fingerprint density at radius 1 is 1.04 bits per heavy atom. The van der Waals surface area contributed by atoms with Gasteiger partial charge in [-0.2, -0.15) is 0 Å². The van der Waals surface area contributed by atoms with E-state index in [-0.39, 0.29) is 11.9 Å². The van der Waals surface area contributed by atoms with E-state index in [1.165, 1.54) is 12.1 Å². The van der Waals surface area contributed by atoms with Gasteiger partial charge in [-0.05, 0) is 50.1 Å². The van der Waals surface area contributed by atoms with Crippen LogP contribution in [-0.2, 0) is 0 Å². The lowest BCUT2D eigenvalue weighted by Crippen LogP contribution is -2.14. The summed E-state index contributed by atoms with van der Waals surface area (Å²) in [6, 6.07) is 14.9. The lowest BCUT2D eigenvalue weighted by atomic mass is 10.0. The summed E-state index contributed by atoms with van der Waals surface area (Å²) in [4.78, 5) is 0. The SMILES string of the molecule is CCC(O)CC(O)C=Cc1c(-c2ccc(F)cc2)c2ccccc2n1C(C)C. The molecule has 2 aromatic carbocycles. The van der Waals surface area contributed by atoms with Gasteiger partial charge < -0.3 is 14.8 Å². The number of rotatable bonds is 7. The van der Waals surface area contributed by atoms with Crippen molar-refractivity contribution in [3.8, 4) is 11.1 Å². The third-order valence-corrected chi connectivity index (χ3v) is 5.06. The van der Waals surface area contributed by atoms with E-state index in [0.717, 1.165) is 27.7 Å². The van der Waals surface area contributed by atoms with Crippen LogP contribution in [-0.4, -0.2) is 27.0 Å². The zero-order valence-electron chi connectivity index (χ0n) is 16.6. The highest BCUT2D eigenvalue weighted by Crippen LogP contribution is 2.38. The van der Waals surface area contributed by atoms with Crippen molar-refractivity contribution < 1.29 is 14.6 Å². The van der Waals surface area contributed by atoms with Gasteiger partial charge in [0.25, 0.3) is 0 Å². The number of aliphatic hydroxyl groups excluding tert-OH is 2. The fourth-order valence-corrected chi connectivity index (χ4v) is 3.65. The van der Waals surface area contributed by atoms with Crippen molar-refractivity contribution in [3.05, 3.63) is 66.1 Å². The van der Waals surface area contributed by atoms with Gasteiger partial charge in [-0.25, -0.2) is 4.39 Å². The second-order valence-electron chi connectivity index (χ2n) is 7.47. The van der Waals surface area contributed by atoms with E-state index >= 15 is 0 Å². The van der Waals surface area contributed by atoms with E-state index in [2.05, 4.69) is 30.5 Å². The molecule has 0 saturated heterocycles. The number of fused-ring (bicyclic) bond motifs is 1. The van der Waals surface area contributed by atoms with Crippen LogP contribution in [0.1, 0.15) is 45.3 Å². The van der Waals surface area contributed by atoms with E-state index < -0.39 is 12.2 Å². The molecule has 0 radical (unpaired) electrons. The molecule has 1 aromatic heterocycles. The van der Waals surface area contributed by atoms with Crippen LogP contribution >= 0.6 is 0 Å². The van der Waals surface area contributed by atoms with Gasteiger partial charge in [-0.3, -0.25) is 0 Å². The summed E-state index contributed by atoms with van der Waals surface area (Å²) in [7, 11) is 0. The highest BCUT2D eigenvalue weighted by Gasteiger charge is 2.19. The van der Waals surface area contributed by atoms with Crippen molar-refractivity contribution in [2.75, 3.05) is 0 Å². The van der Waals surface area contributed by atoms with Crippen LogP contribution in [0.25, 0.3) is 28.1 Å². The van der Waals surface area contributed by atoms with Crippen molar-refractivity contribution in [3.63, 3.8) is 0 Å². The number of halogens is 1. The van der Waals surface area contributed by atoms with Gasteiger partial charge in [-0.1, -0.05) is 43.3 Å². The molecule has 2 unspecified atom stereocenters. The number of para-hydroxylation sites is 1. The summed E-state index contributed by atoms with van der Waals surface area (Å²) in [5.74, 6) is -0.266. The summed E-state index contributed by atoms with van der Waals surface area (Å²) in [5.41, 5.74) is 4.01. The van der Waals surface area contributed by atoms with E-state index in [1.54, 1.807) is 18.2 Å². The van der Waals surface area contributed by atoms with Crippen LogP contribution in [0.4, 0.5) is 4.39 Å². The third kappa shape index (κ3) is 4.18. The number of nitrogens with zero attached hydrogens (tertiary/aromatic N) is 1. The molecule has 0 aliphatic carbocycles. The Bertz CT molecular complexity index is 957. The first-order valence-electron chi connectivity index (χ1n) is 9.85. The molecule has 0 aliphatic heterocycles. The molecule has 148 valence electrons. The zero-order chi connectivity index (χ0) is 20.3. The molecule has 2 atom stereocenters. The molecule has 28 heavy (non-hydrogen) atoms. The first-order chi connectivity index (χ1) is 13.4. The third-order valence-electron chi connectivity index (χ3n) is 5.06. The normalized spacial score (nSPS) is 14.2. The zero-order valence-corrected chi connectivity index (χ0v) is 16.6. The Balaban J connectivity index is 2.17. The molecular weight excluding hydrogens is 353 g/mol. The molecule has 0 fully saturated rings. The Morgan fingerprint density at radius 2 is 1.71 bits per heavy atom. The fraction of sp³-hybridized carbons (Fsp3) is 0.333. The summed E-state index contributed by atoms with van der Waals surface area (Å²) in [5, 5.41) is 21.2. The quantitative estimate of drug-likeness (QED) is 0.562. The van der Waals surface area contributed by atoms with Crippen LogP contribution in [0, 0.1) is 5.82 Å². The molecule has 0 amide bonds. The minimum Gasteiger partial charge on any atom is -0.393 e. The fourth-order valence-electron chi connectivity index (χ4n) is 3.65. The van der Waals surface area contributed by atoms with Gasteiger partial charge >= 0.3 is 0 Å². The molecule has 2 N–H and O–H groups in total. The monoisotopic (exact) mass is 381 g/mol. The Morgan fingerprint density at radius 3 is 2.36 bits per heavy atom. The average Bonchev–Trinajstić information content (AvgIpc) is 3.01. The van der Waals surface area contributed by atoms with Gasteiger partial charge in [0.1, 0.15) is 5.82 Å². The molecule has 3 rings (SSSR count). The van der Waals surface area contributed by atoms with Crippen LogP contribution in [0.3, 0.4) is 0 Å². The topological polar surface area (TPSA) is 45.4 Å². The average molecular weight is 381 g/mol. The smallest absolute Gasteiger partial charge is 0.123 e. The standard InChI is InChI=1S/C24H28FNO2/c1-4-19(27)15-20(28)13-14-23-24(17-9-11-18(25)12-10-17)21-7-5-6-8-22(21)26(23)16(2)3/h5-14,16,19-20,27-28H,4,15H2,1-3H3. The molecule has 0 aliphatic rings. The Labute approximate surface area is 165 Å². The summed E-state index contributed by atoms with van der Waals surface area (Å²) < 4.78 is 15.7. The predicted molar refractivity (Wildman–Crippen MR) is 114 cm³/mol. The molecule has 4 heteroatoms. The van der Waals surface area contributed by atoms with Crippen molar-refractivity contribution >= 4 is 17.0 Å². The molecule has 3 aromatic rings. The maximum Gasteiger partial charge on any atom is 0.123 e. The van der Waals surface area contributed by atoms with Crippen molar-refractivity contribution in [2.24, 2.45) is 0 Å². The summed E-state index contributed by atoms with van der Waals surface area (Å²) in [6.07, 6.45) is 3.32. The molecule has 0 saturated carbocycles. The minimum atomic E-state index is -0.727. The maximum absolute atomic E-state index is 13.5. The first kappa shape index (κ1) is 20.3. The predicted octanol–water partition coefficient (Wildman–Crippen LogP) is 5.56. The lowest BCUT2D eigenvalue weighted by Gasteiger charge is -2.15. The van der Waals surface area contributed by atoms with Gasteiger partial charge in [0.15, 0.2) is 0 Å². The number of aromatic nitrogens is 1. The lowest BCUT2D eigenvalue weighted by molar-refractivity contribution is 0.102. The molecule has 3 nitrogen and oxygen atoms in total. The number of aliphatic hydroxyl groups is 2. The highest BCUT2D eigenvalue weighted by atomic mass is 19.1. The summed E-state index contributed by atoms with van der Waals surface area (Å²) >= 11 is 0. The second kappa shape index (κ2) is 8.72. The van der Waals surface area contributed by atoms with Crippen molar-refractivity contribution in [1.82, 2.24) is 4.57 Å². The highest BCUT2D eigenvalue weighted by molar-refractivity contribution is 6.01. The second-order valence-corrected chi connectivity index (χ2v) is 7.47. The van der Waals surface area contributed by atoms with Gasteiger partial charge in [0, 0.05) is 34.6 Å². The largest absolute Gasteiger partial charge is 0.393 e.